The van der Waals surface area contributed by atoms with Crippen molar-refractivity contribution in [1.82, 2.24) is 4.90 Å². The Balaban J connectivity index is 2.32. The lowest BCUT2D eigenvalue weighted by Gasteiger charge is -2.39. The molecule has 1 aliphatic carbocycles. The van der Waals surface area contributed by atoms with E-state index in [1.807, 2.05) is 0 Å². The number of nitrogens with zero attached hydrogens (tertiary/aromatic N) is 2. The van der Waals surface area contributed by atoms with Gasteiger partial charge in [-0.3, -0.25) is 4.79 Å². The van der Waals surface area contributed by atoms with E-state index in [1.165, 1.54) is 0 Å². The molecule has 1 fully saturated rings. The Labute approximate surface area is 132 Å². The molecule has 3 nitrogen and oxygen atoms in total. The van der Waals surface area contributed by atoms with Gasteiger partial charge in [0.05, 0.1) is 16.7 Å². The van der Waals surface area contributed by atoms with E-state index >= 15 is 0 Å². The second-order valence-corrected chi connectivity index (χ2v) is 6.40. The maximum absolute atomic E-state index is 12.7. The van der Waals surface area contributed by atoms with Crippen LogP contribution in [0.4, 0.5) is 0 Å². The Bertz CT molecular complexity index is 561. The topological polar surface area (TPSA) is 44.1 Å². The summed E-state index contributed by atoms with van der Waals surface area (Å²) in [5, 5.41) is 9.94. The van der Waals surface area contributed by atoms with Gasteiger partial charge in [0.25, 0.3) is 5.91 Å². The fourth-order valence-electron chi connectivity index (χ4n) is 2.70. The van der Waals surface area contributed by atoms with Gasteiger partial charge in [-0.25, -0.2) is 0 Å². The Hall–Kier alpha value is -1.05. The van der Waals surface area contributed by atoms with Crippen LogP contribution in [-0.4, -0.2) is 23.4 Å². The van der Waals surface area contributed by atoms with Crippen LogP contribution in [0.15, 0.2) is 22.7 Å². The standard InChI is InChI=1S/C15H16BrClN2O/c1-19(15(10-18)8-3-2-4-9-15)14(20)11-6-5-7-12(16)13(11)17/h5-7H,2-4,8-9H2,1H3. The summed E-state index contributed by atoms with van der Waals surface area (Å²) < 4.78 is 0.688. The van der Waals surface area contributed by atoms with Crippen molar-refractivity contribution >= 4 is 33.4 Å². The van der Waals surface area contributed by atoms with E-state index in [-0.39, 0.29) is 5.91 Å². The van der Waals surface area contributed by atoms with Crippen molar-refractivity contribution in [2.45, 2.75) is 37.6 Å². The zero-order valence-electron chi connectivity index (χ0n) is 11.3. The predicted octanol–water partition coefficient (Wildman–Crippen LogP) is 4.40. The molecular weight excluding hydrogens is 340 g/mol. The normalized spacial score (nSPS) is 17.3. The minimum atomic E-state index is -0.693. The van der Waals surface area contributed by atoms with Crippen molar-refractivity contribution in [3.63, 3.8) is 0 Å². The van der Waals surface area contributed by atoms with Crippen LogP contribution in [0.3, 0.4) is 0 Å². The molecule has 0 saturated heterocycles. The number of hydrogen-bond donors (Lipinski definition) is 0. The average Bonchev–Trinajstić information content (AvgIpc) is 2.49. The van der Waals surface area contributed by atoms with E-state index in [2.05, 4.69) is 22.0 Å². The minimum absolute atomic E-state index is 0.195. The lowest BCUT2D eigenvalue weighted by Crippen LogP contribution is -2.49. The number of benzene rings is 1. The summed E-state index contributed by atoms with van der Waals surface area (Å²) in [6.07, 6.45) is 4.56. The maximum Gasteiger partial charge on any atom is 0.256 e. The minimum Gasteiger partial charge on any atom is -0.323 e. The van der Waals surface area contributed by atoms with Crippen molar-refractivity contribution < 1.29 is 4.79 Å². The van der Waals surface area contributed by atoms with Crippen molar-refractivity contribution in [2.24, 2.45) is 0 Å². The molecule has 106 valence electrons. The Morgan fingerprint density at radius 3 is 2.65 bits per heavy atom. The van der Waals surface area contributed by atoms with Gasteiger partial charge in [0.2, 0.25) is 0 Å². The van der Waals surface area contributed by atoms with Crippen LogP contribution < -0.4 is 0 Å². The largest absolute Gasteiger partial charge is 0.323 e. The summed E-state index contributed by atoms with van der Waals surface area (Å²) >= 11 is 9.50. The van der Waals surface area contributed by atoms with Gasteiger partial charge in [0.1, 0.15) is 5.54 Å². The van der Waals surface area contributed by atoms with Gasteiger partial charge in [-0.1, -0.05) is 36.9 Å². The quantitative estimate of drug-likeness (QED) is 0.789. The molecule has 1 amide bonds. The predicted molar refractivity (Wildman–Crippen MR) is 82.7 cm³/mol. The Morgan fingerprint density at radius 1 is 1.40 bits per heavy atom. The first kappa shape index (κ1) is 15.3. The SMILES string of the molecule is CN(C(=O)c1cccc(Br)c1Cl)C1(C#N)CCCCC1. The summed E-state index contributed by atoms with van der Waals surface area (Å²) in [7, 11) is 1.70. The Kier molecular flexibility index (Phi) is 4.72. The highest BCUT2D eigenvalue weighted by molar-refractivity contribution is 9.10. The van der Waals surface area contributed by atoms with E-state index in [0.717, 1.165) is 32.1 Å². The lowest BCUT2D eigenvalue weighted by atomic mass is 9.81. The number of carbonyl (C=O) groups is 1. The molecule has 1 aromatic rings. The summed E-state index contributed by atoms with van der Waals surface area (Å²) in [6, 6.07) is 7.61. The first-order valence-corrected chi connectivity index (χ1v) is 7.82. The van der Waals surface area contributed by atoms with Gasteiger partial charge in [-0.2, -0.15) is 5.26 Å². The summed E-state index contributed by atoms with van der Waals surface area (Å²) in [5.74, 6) is -0.195. The average molecular weight is 356 g/mol. The molecule has 5 heteroatoms. The molecule has 0 atom stereocenters. The monoisotopic (exact) mass is 354 g/mol. The van der Waals surface area contributed by atoms with Crippen LogP contribution in [0.1, 0.15) is 42.5 Å². The zero-order valence-corrected chi connectivity index (χ0v) is 13.7. The lowest BCUT2D eigenvalue weighted by molar-refractivity contribution is 0.0589. The highest BCUT2D eigenvalue weighted by Gasteiger charge is 2.39. The number of rotatable bonds is 2. The highest BCUT2D eigenvalue weighted by atomic mass is 79.9. The number of hydrogen-bond acceptors (Lipinski definition) is 2. The summed E-state index contributed by atoms with van der Waals surface area (Å²) in [4.78, 5) is 14.2. The van der Waals surface area contributed by atoms with Crippen LogP contribution in [0.2, 0.25) is 5.02 Å². The number of amides is 1. The summed E-state index contributed by atoms with van der Waals surface area (Å²) in [6.45, 7) is 0. The smallest absolute Gasteiger partial charge is 0.256 e. The van der Waals surface area contributed by atoms with Crippen LogP contribution in [-0.2, 0) is 0 Å². The second kappa shape index (κ2) is 6.15. The molecule has 1 aromatic carbocycles. The molecule has 2 rings (SSSR count). The molecule has 1 aliphatic rings. The third-order valence-electron chi connectivity index (χ3n) is 4.02. The van der Waals surface area contributed by atoms with E-state index in [4.69, 9.17) is 11.6 Å². The van der Waals surface area contributed by atoms with E-state index in [9.17, 15) is 10.1 Å². The first-order valence-electron chi connectivity index (χ1n) is 6.65. The molecule has 0 heterocycles. The van der Waals surface area contributed by atoms with Crippen molar-refractivity contribution in [2.75, 3.05) is 7.05 Å². The van der Waals surface area contributed by atoms with Crippen LogP contribution >= 0.6 is 27.5 Å². The first-order chi connectivity index (χ1) is 9.52. The number of halogens is 2. The van der Waals surface area contributed by atoms with Gasteiger partial charge in [-0.05, 0) is 40.9 Å². The maximum atomic E-state index is 12.7. The third-order valence-corrected chi connectivity index (χ3v) is 5.31. The highest BCUT2D eigenvalue weighted by Crippen LogP contribution is 2.35. The van der Waals surface area contributed by atoms with Crippen molar-refractivity contribution in [1.29, 1.82) is 5.26 Å². The molecule has 0 aliphatic heterocycles. The van der Waals surface area contributed by atoms with Crippen LogP contribution in [0, 0.1) is 11.3 Å². The molecule has 0 bridgehead atoms. The molecule has 1 saturated carbocycles. The molecule has 0 unspecified atom stereocenters. The fraction of sp³-hybridized carbons (Fsp3) is 0.467. The van der Waals surface area contributed by atoms with E-state index < -0.39 is 5.54 Å². The molecular formula is C15H16BrClN2O. The van der Waals surface area contributed by atoms with Gasteiger partial charge in [0.15, 0.2) is 0 Å². The molecule has 0 aromatic heterocycles. The van der Waals surface area contributed by atoms with Gasteiger partial charge in [0, 0.05) is 11.5 Å². The molecule has 0 N–H and O–H groups in total. The van der Waals surface area contributed by atoms with Gasteiger partial charge >= 0.3 is 0 Å². The van der Waals surface area contributed by atoms with Crippen LogP contribution in [0.5, 0.6) is 0 Å². The number of nitriles is 1. The van der Waals surface area contributed by atoms with Crippen molar-refractivity contribution in [3.05, 3.63) is 33.3 Å². The van der Waals surface area contributed by atoms with Crippen LogP contribution in [0.25, 0.3) is 0 Å². The molecule has 0 spiro atoms. The van der Waals surface area contributed by atoms with Gasteiger partial charge in [-0.15, -0.1) is 0 Å². The zero-order chi connectivity index (χ0) is 14.8. The van der Waals surface area contributed by atoms with Gasteiger partial charge < -0.3 is 4.90 Å². The van der Waals surface area contributed by atoms with E-state index in [0.29, 0.717) is 15.1 Å². The molecule has 0 radical (unpaired) electrons. The fourth-order valence-corrected chi connectivity index (χ4v) is 3.28. The third kappa shape index (κ3) is 2.70. The molecule has 20 heavy (non-hydrogen) atoms. The summed E-state index contributed by atoms with van der Waals surface area (Å²) in [5.41, 5.74) is -0.259. The second-order valence-electron chi connectivity index (χ2n) is 5.17. The number of carbonyl (C=O) groups excluding carboxylic acids is 1. The van der Waals surface area contributed by atoms with E-state index in [1.54, 1.807) is 30.1 Å². The van der Waals surface area contributed by atoms with Crippen molar-refractivity contribution in [3.8, 4) is 6.07 Å². The Morgan fingerprint density at radius 2 is 2.05 bits per heavy atom.